The summed E-state index contributed by atoms with van der Waals surface area (Å²) in [4.78, 5) is 0. The standard InChI is InChI=1S/C8H6/c1-2-5-4-7-6(3-1)8(5)7/h1-3,7H,4H2. The molecule has 0 heteroatoms. The summed E-state index contributed by atoms with van der Waals surface area (Å²) in [5, 5.41) is 0. The van der Waals surface area contributed by atoms with Crippen molar-refractivity contribution in [3.8, 4) is 0 Å². The van der Waals surface area contributed by atoms with Crippen molar-refractivity contribution >= 4 is 0 Å². The molecule has 0 aliphatic heterocycles. The lowest BCUT2D eigenvalue weighted by Gasteiger charge is -2.05. The van der Waals surface area contributed by atoms with Crippen molar-refractivity contribution in [3.05, 3.63) is 34.9 Å². The molecule has 0 spiro atoms. The van der Waals surface area contributed by atoms with Gasteiger partial charge in [-0.2, -0.15) is 0 Å². The molecule has 1 unspecified atom stereocenters. The number of fused-ring (bicyclic) bond motifs is 1. The maximum atomic E-state index is 2.25. The average molecular weight is 102 g/mol. The molecule has 1 aromatic rings. The van der Waals surface area contributed by atoms with E-state index >= 15 is 0 Å². The van der Waals surface area contributed by atoms with Crippen LogP contribution in [0.1, 0.15) is 22.6 Å². The van der Waals surface area contributed by atoms with Gasteiger partial charge in [-0.05, 0) is 23.1 Å². The Morgan fingerprint density at radius 2 is 2.38 bits per heavy atom. The molecular formula is C8H6. The fraction of sp³-hybridized carbons (Fsp3) is 0.250. The summed E-state index contributed by atoms with van der Waals surface area (Å²) in [7, 11) is 0. The summed E-state index contributed by atoms with van der Waals surface area (Å²) in [6.07, 6.45) is 1.34. The van der Waals surface area contributed by atoms with Gasteiger partial charge in [0.25, 0.3) is 0 Å². The Balaban J connectivity index is 2.54. The van der Waals surface area contributed by atoms with Gasteiger partial charge in [0.15, 0.2) is 0 Å². The molecule has 2 aliphatic rings. The molecule has 0 aromatic heterocycles. The maximum Gasteiger partial charge on any atom is 0.0139 e. The summed E-state index contributed by atoms with van der Waals surface area (Å²) in [6, 6.07) is 6.65. The van der Waals surface area contributed by atoms with E-state index < -0.39 is 0 Å². The first-order valence-electron chi connectivity index (χ1n) is 3.08. The molecule has 2 aliphatic carbocycles. The molecule has 0 nitrogen and oxygen atoms in total. The van der Waals surface area contributed by atoms with Gasteiger partial charge in [-0.1, -0.05) is 18.2 Å². The van der Waals surface area contributed by atoms with E-state index in [1.54, 1.807) is 16.7 Å². The Morgan fingerprint density at radius 1 is 1.38 bits per heavy atom. The van der Waals surface area contributed by atoms with E-state index in [9.17, 15) is 0 Å². The Hall–Kier alpha value is -0.780. The SMILES string of the molecule is c1cc2c3c(c1)C3C2. The third kappa shape index (κ3) is 0.172. The zero-order chi connectivity index (χ0) is 5.14. The highest BCUT2D eigenvalue weighted by atomic mass is 14.5. The zero-order valence-corrected chi connectivity index (χ0v) is 4.52. The normalized spacial score (nSPS) is 26.2. The van der Waals surface area contributed by atoms with Crippen molar-refractivity contribution in [1.29, 1.82) is 0 Å². The molecule has 0 saturated heterocycles. The quantitative estimate of drug-likeness (QED) is 0.467. The molecule has 0 amide bonds. The third-order valence-electron chi connectivity index (χ3n) is 2.29. The smallest absolute Gasteiger partial charge is 0.0139 e. The number of hydrogen-bond donors (Lipinski definition) is 0. The minimum absolute atomic E-state index is 0.931. The summed E-state index contributed by atoms with van der Waals surface area (Å²) in [5.41, 5.74) is 4.91. The van der Waals surface area contributed by atoms with Gasteiger partial charge in [-0.3, -0.25) is 0 Å². The van der Waals surface area contributed by atoms with Gasteiger partial charge in [-0.25, -0.2) is 0 Å². The fourth-order valence-electron chi connectivity index (χ4n) is 1.74. The van der Waals surface area contributed by atoms with Crippen LogP contribution in [-0.2, 0) is 6.42 Å². The summed E-state index contributed by atoms with van der Waals surface area (Å²) < 4.78 is 0. The lowest BCUT2D eigenvalue weighted by atomic mass is 9.99. The van der Waals surface area contributed by atoms with Crippen LogP contribution in [0.3, 0.4) is 0 Å². The van der Waals surface area contributed by atoms with Crippen molar-refractivity contribution in [1.82, 2.24) is 0 Å². The molecule has 0 fully saturated rings. The van der Waals surface area contributed by atoms with E-state index in [1.807, 2.05) is 0 Å². The van der Waals surface area contributed by atoms with Crippen LogP contribution in [0.5, 0.6) is 0 Å². The average Bonchev–Trinajstić information content (AvgIpc) is 2.33. The second kappa shape index (κ2) is 0.732. The van der Waals surface area contributed by atoms with Crippen molar-refractivity contribution in [2.24, 2.45) is 0 Å². The molecule has 1 atom stereocenters. The number of benzene rings is 1. The molecule has 1 aromatic carbocycles. The lowest BCUT2D eigenvalue weighted by molar-refractivity contribution is 0.871. The van der Waals surface area contributed by atoms with E-state index in [0.29, 0.717) is 0 Å². The van der Waals surface area contributed by atoms with Gasteiger partial charge in [0, 0.05) is 5.92 Å². The van der Waals surface area contributed by atoms with E-state index in [0.717, 1.165) is 5.92 Å². The van der Waals surface area contributed by atoms with E-state index in [-0.39, 0.29) is 0 Å². The lowest BCUT2D eigenvalue weighted by Crippen LogP contribution is -1.94. The Labute approximate surface area is 48.1 Å². The van der Waals surface area contributed by atoms with Crippen LogP contribution >= 0.6 is 0 Å². The first-order chi connectivity index (χ1) is 3.97. The molecule has 0 heterocycles. The Kier molecular flexibility index (Phi) is 0.301. The molecule has 3 rings (SSSR count). The molecule has 0 radical (unpaired) electrons. The topological polar surface area (TPSA) is 0 Å². The van der Waals surface area contributed by atoms with Gasteiger partial charge in [0.2, 0.25) is 0 Å². The molecule has 0 N–H and O–H groups in total. The highest BCUT2D eigenvalue weighted by Gasteiger charge is 2.43. The molecule has 0 bridgehead atoms. The monoisotopic (exact) mass is 102 g/mol. The summed E-state index contributed by atoms with van der Waals surface area (Å²) >= 11 is 0. The van der Waals surface area contributed by atoms with Crippen LogP contribution in [0.25, 0.3) is 0 Å². The van der Waals surface area contributed by atoms with Crippen LogP contribution in [0.2, 0.25) is 0 Å². The summed E-state index contributed by atoms with van der Waals surface area (Å²) in [5.74, 6) is 0.931. The Morgan fingerprint density at radius 3 is 3.12 bits per heavy atom. The van der Waals surface area contributed by atoms with Crippen molar-refractivity contribution in [3.63, 3.8) is 0 Å². The second-order valence-electron chi connectivity index (χ2n) is 2.68. The van der Waals surface area contributed by atoms with Crippen molar-refractivity contribution < 1.29 is 0 Å². The van der Waals surface area contributed by atoms with E-state index in [2.05, 4.69) is 18.2 Å². The van der Waals surface area contributed by atoms with Crippen molar-refractivity contribution in [2.45, 2.75) is 12.3 Å². The van der Waals surface area contributed by atoms with Crippen molar-refractivity contribution in [2.75, 3.05) is 0 Å². The molecule has 8 heavy (non-hydrogen) atoms. The maximum absolute atomic E-state index is 2.25. The van der Waals surface area contributed by atoms with Crippen LogP contribution in [0.4, 0.5) is 0 Å². The predicted octanol–water partition coefficient (Wildman–Crippen LogP) is 1.69. The number of hydrogen-bond acceptors (Lipinski definition) is 0. The van der Waals surface area contributed by atoms with Gasteiger partial charge in [-0.15, -0.1) is 0 Å². The van der Waals surface area contributed by atoms with Gasteiger partial charge >= 0.3 is 0 Å². The van der Waals surface area contributed by atoms with Crippen LogP contribution in [-0.4, -0.2) is 0 Å². The highest BCUT2D eigenvalue weighted by Crippen LogP contribution is 2.56. The van der Waals surface area contributed by atoms with E-state index in [1.165, 1.54) is 6.42 Å². The Bertz CT molecular complexity index is 261. The minimum Gasteiger partial charge on any atom is -0.0617 e. The summed E-state index contributed by atoms with van der Waals surface area (Å²) in [6.45, 7) is 0. The molecular weight excluding hydrogens is 96.1 g/mol. The predicted molar refractivity (Wildman–Crippen MR) is 32.0 cm³/mol. The van der Waals surface area contributed by atoms with Crippen LogP contribution in [0, 0.1) is 0 Å². The van der Waals surface area contributed by atoms with E-state index in [4.69, 9.17) is 0 Å². The zero-order valence-electron chi connectivity index (χ0n) is 4.52. The van der Waals surface area contributed by atoms with Crippen LogP contribution in [0.15, 0.2) is 18.2 Å². The second-order valence-corrected chi connectivity index (χ2v) is 2.68. The third-order valence-corrected chi connectivity index (χ3v) is 2.29. The largest absolute Gasteiger partial charge is 0.0617 e. The first-order valence-corrected chi connectivity index (χ1v) is 3.08. The first kappa shape index (κ1) is 3.29. The van der Waals surface area contributed by atoms with Gasteiger partial charge < -0.3 is 0 Å². The molecule has 38 valence electrons. The van der Waals surface area contributed by atoms with Gasteiger partial charge in [0.05, 0.1) is 0 Å². The number of rotatable bonds is 0. The van der Waals surface area contributed by atoms with Gasteiger partial charge in [0.1, 0.15) is 0 Å². The molecule has 0 saturated carbocycles. The van der Waals surface area contributed by atoms with Crippen LogP contribution < -0.4 is 0 Å². The highest BCUT2D eigenvalue weighted by molar-refractivity contribution is 5.65. The fourth-order valence-corrected chi connectivity index (χ4v) is 1.74. The minimum atomic E-state index is 0.931.